The van der Waals surface area contributed by atoms with Gasteiger partial charge in [0.1, 0.15) is 0 Å². The molecular weight excluding hydrogens is 272 g/mol. The van der Waals surface area contributed by atoms with Gasteiger partial charge < -0.3 is 10.3 Å². The van der Waals surface area contributed by atoms with Crippen LogP contribution in [0.4, 0.5) is 0 Å². The number of amides is 1. The zero-order valence-corrected chi connectivity index (χ0v) is 12.7. The van der Waals surface area contributed by atoms with E-state index in [9.17, 15) is 4.79 Å². The molecule has 1 aromatic carbocycles. The van der Waals surface area contributed by atoms with Crippen LogP contribution in [-0.2, 0) is 0 Å². The summed E-state index contributed by atoms with van der Waals surface area (Å²) in [5.41, 5.74) is 3.50. The van der Waals surface area contributed by atoms with Crippen molar-refractivity contribution in [3.8, 4) is 11.3 Å². The molecule has 2 rings (SSSR count). The first-order chi connectivity index (χ1) is 9.51. The predicted octanol–water partition coefficient (Wildman–Crippen LogP) is 4.17. The standard InChI is InChI=1S/C16H19ClN2O/c1-4-10(2)18-16(20)14-9-15(19-11(14)3)12-5-7-13(17)8-6-12/h5-10,19H,4H2,1-3H3,(H,18,20)/t10-/m0/s1. The van der Waals surface area contributed by atoms with Gasteiger partial charge in [0, 0.05) is 22.5 Å². The van der Waals surface area contributed by atoms with Gasteiger partial charge in [-0.1, -0.05) is 30.7 Å². The number of aromatic amines is 1. The maximum Gasteiger partial charge on any atom is 0.253 e. The molecule has 1 atom stereocenters. The number of aryl methyl sites for hydroxylation is 1. The van der Waals surface area contributed by atoms with Crippen molar-refractivity contribution in [2.24, 2.45) is 0 Å². The maximum absolute atomic E-state index is 12.2. The average Bonchev–Trinajstić information content (AvgIpc) is 2.81. The summed E-state index contributed by atoms with van der Waals surface area (Å²) in [5, 5.41) is 3.68. The molecule has 0 aliphatic carbocycles. The van der Waals surface area contributed by atoms with Gasteiger partial charge in [0.2, 0.25) is 0 Å². The molecule has 0 spiro atoms. The average molecular weight is 291 g/mol. The number of carbonyl (C=O) groups is 1. The van der Waals surface area contributed by atoms with Crippen LogP contribution in [0.2, 0.25) is 5.02 Å². The number of H-pyrrole nitrogens is 1. The molecule has 0 aliphatic heterocycles. The van der Waals surface area contributed by atoms with Crippen molar-refractivity contribution in [3.05, 3.63) is 46.6 Å². The van der Waals surface area contributed by atoms with Crippen LogP contribution in [0.15, 0.2) is 30.3 Å². The van der Waals surface area contributed by atoms with Crippen LogP contribution < -0.4 is 5.32 Å². The number of rotatable bonds is 4. The lowest BCUT2D eigenvalue weighted by Gasteiger charge is -2.10. The number of carbonyl (C=O) groups excluding carboxylic acids is 1. The van der Waals surface area contributed by atoms with Gasteiger partial charge in [-0.3, -0.25) is 4.79 Å². The zero-order chi connectivity index (χ0) is 14.7. The molecule has 0 fully saturated rings. The summed E-state index contributed by atoms with van der Waals surface area (Å²) in [6, 6.07) is 9.61. The Morgan fingerprint density at radius 1 is 1.35 bits per heavy atom. The minimum atomic E-state index is -0.0340. The number of benzene rings is 1. The van der Waals surface area contributed by atoms with E-state index in [2.05, 4.69) is 10.3 Å². The fraction of sp³-hybridized carbons (Fsp3) is 0.312. The smallest absolute Gasteiger partial charge is 0.253 e. The van der Waals surface area contributed by atoms with Gasteiger partial charge in [0.15, 0.2) is 0 Å². The summed E-state index contributed by atoms with van der Waals surface area (Å²) >= 11 is 5.88. The number of hydrogen-bond acceptors (Lipinski definition) is 1. The van der Waals surface area contributed by atoms with Crippen LogP contribution in [0.25, 0.3) is 11.3 Å². The second-order valence-electron chi connectivity index (χ2n) is 5.01. The summed E-state index contributed by atoms with van der Waals surface area (Å²) in [6.45, 7) is 5.96. The van der Waals surface area contributed by atoms with E-state index in [0.717, 1.165) is 23.4 Å². The van der Waals surface area contributed by atoms with Gasteiger partial charge in [-0.15, -0.1) is 0 Å². The van der Waals surface area contributed by atoms with E-state index >= 15 is 0 Å². The highest BCUT2D eigenvalue weighted by atomic mass is 35.5. The molecule has 3 nitrogen and oxygen atoms in total. The highest BCUT2D eigenvalue weighted by Crippen LogP contribution is 2.23. The Balaban J connectivity index is 2.25. The third-order valence-corrected chi connectivity index (χ3v) is 3.66. The summed E-state index contributed by atoms with van der Waals surface area (Å²) in [4.78, 5) is 15.4. The van der Waals surface area contributed by atoms with Gasteiger partial charge in [0.25, 0.3) is 5.91 Å². The van der Waals surface area contributed by atoms with Crippen molar-refractivity contribution in [1.29, 1.82) is 0 Å². The first-order valence-corrected chi connectivity index (χ1v) is 7.15. The van der Waals surface area contributed by atoms with E-state index < -0.39 is 0 Å². The lowest BCUT2D eigenvalue weighted by Crippen LogP contribution is -2.32. The molecule has 0 unspecified atom stereocenters. The molecule has 0 saturated heterocycles. The van der Waals surface area contributed by atoms with Crippen LogP contribution in [0.3, 0.4) is 0 Å². The predicted molar refractivity (Wildman–Crippen MR) is 83.2 cm³/mol. The highest BCUT2D eigenvalue weighted by molar-refractivity contribution is 6.30. The summed E-state index contributed by atoms with van der Waals surface area (Å²) < 4.78 is 0. The van der Waals surface area contributed by atoms with Gasteiger partial charge in [-0.25, -0.2) is 0 Å². The summed E-state index contributed by atoms with van der Waals surface area (Å²) in [6.07, 6.45) is 0.916. The summed E-state index contributed by atoms with van der Waals surface area (Å²) in [7, 11) is 0. The van der Waals surface area contributed by atoms with Gasteiger partial charge in [-0.2, -0.15) is 0 Å². The third-order valence-electron chi connectivity index (χ3n) is 3.40. The zero-order valence-electron chi connectivity index (χ0n) is 12.0. The largest absolute Gasteiger partial charge is 0.358 e. The van der Waals surface area contributed by atoms with E-state index in [0.29, 0.717) is 10.6 Å². The van der Waals surface area contributed by atoms with Gasteiger partial charge >= 0.3 is 0 Å². The van der Waals surface area contributed by atoms with Crippen molar-refractivity contribution >= 4 is 17.5 Å². The number of halogens is 1. The molecular formula is C16H19ClN2O. The molecule has 0 saturated carbocycles. The van der Waals surface area contributed by atoms with Crippen molar-refractivity contribution < 1.29 is 4.79 Å². The van der Waals surface area contributed by atoms with E-state index in [-0.39, 0.29) is 11.9 Å². The second kappa shape index (κ2) is 6.14. The first-order valence-electron chi connectivity index (χ1n) is 6.77. The molecule has 4 heteroatoms. The molecule has 1 aromatic heterocycles. The first kappa shape index (κ1) is 14.7. The van der Waals surface area contributed by atoms with Crippen molar-refractivity contribution in [1.82, 2.24) is 10.3 Å². The molecule has 0 radical (unpaired) electrons. The maximum atomic E-state index is 12.2. The molecule has 20 heavy (non-hydrogen) atoms. The Bertz CT molecular complexity index is 601. The van der Waals surface area contributed by atoms with Crippen molar-refractivity contribution in [3.63, 3.8) is 0 Å². The van der Waals surface area contributed by atoms with Crippen LogP contribution in [0, 0.1) is 6.92 Å². The van der Waals surface area contributed by atoms with Gasteiger partial charge in [0.05, 0.1) is 5.56 Å². The Morgan fingerprint density at radius 3 is 2.60 bits per heavy atom. The lowest BCUT2D eigenvalue weighted by atomic mass is 10.1. The number of nitrogens with one attached hydrogen (secondary N) is 2. The van der Waals surface area contributed by atoms with Crippen LogP contribution in [0.5, 0.6) is 0 Å². The molecule has 1 heterocycles. The molecule has 106 valence electrons. The van der Waals surface area contributed by atoms with Gasteiger partial charge in [-0.05, 0) is 44.0 Å². The van der Waals surface area contributed by atoms with Crippen LogP contribution in [-0.4, -0.2) is 16.9 Å². The quantitative estimate of drug-likeness (QED) is 0.872. The van der Waals surface area contributed by atoms with E-state index in [1.165, 1.54) is 0 Å². The monoisotopic (exact) mass is 290 g/mol. The lowest BCUT2D eigenvalue weighted by molar-refractivity contribution is 0.0939. The molecule has 2 aromatic rings. The normalized spacial score (nSPS) is 12.2. The Hall–Kier alpha value is -1.74. The minimum absolute atomic E-state index is 0.0340. The molecule has 0 aliphatic rings. The minimum Gasteiger partial charge on any atom is -0.358 e. The molecule has 1 amide bonds. The van der Waals surface area contributed by atoms with Crippen LogP contribution >= 0.6 is 11.6 Å². The summed E-state index contributed by atoms with van der Waals surface area (Å²) in [5.74, 6) is -0.0340. The van der Waals surface area contributed by atoms with Crippen LogP contribution in [0.1, 0.15) is 36.3 Å². The molecule has 2 N–H and O–H groups in total. The highest BCUT2D eigenvalue weighted by Gasteiger charge is 2.14. The van der Waals surface area contributed by atoms with E-state index in [1.54, 1.807) is 0 Å². The topological polar surface area (TPSA) is 44.9 Å². The fourth-order valence-electron chi connectivity index (χ4n) is 1.98. The number of hydrogen-bond donors (Lipinski definition) is 2. The fourth-order valence-corrected chi connectivity index (χ4v) is 2.11. The SMILES string of the molecule is CC[C@H](C)NC(=O)c1cc(-c2ccc(Cl)cc2)[nH]c1C. The molecule has 0 bridgehead atoms. The van der Waals surface area contributed by atoms with E-state index in [4.69, 9.17) is 11.6 Å². The third kappa shape index (κ3) is 3.23. The Kier molecular flexibility index (Phi) is 4.50. The van der Waals surface area contributed by atoms with Crippen molar-refractivity contribution in [2.45, 2.75) is 33.2 Å². The van der Waals surface area contributed by atoms with E-state index in [1.807, 2.05) is 51.1 Å². The Labute approximate surface area is 124 Å². The van der Waals surface area contributed by atoms with Crippen molar-refractivity contribution in [2.75, 3.05) is 0 Å². The second-order valence-corrected chi connectivity index (χ2v) is 5.45. The number of aromatic nitrogens is 1. The Morgan fingerprint density at radius 2 is 2.00 bits per heavy atom.